The van der Waals surface area contributed by atoms with Crippen molar-refractivity contribution in [3.05, 3.63) is 109 Å². The third-order valence-corrected chi connectivity index (χ3v) is 4.83. The van der Waals surface area contributed by atoms with Gasteiger partial charge in [-0.25, -0.2) is 0 Å². The van der Waals surface area contributed by atoms with Gasteiger partial charge in [0.25, 0.3) is 0 Å². The fourth-order valence-electron chi connectivity index (χ4n) is 3.78. The molecule has 0 aromatic heterocycles. The molecule has 144 valence electrons. The van der Waals surface area contributed by atoms with Crippen LogP contribution in [-0.2, 0) is 10.3 Å². The van der Waals surface area contributed by atoms with Gasteiger partial charge in [0.05, 0.1) is 17.0 Å². The van der Waals surface area contributed by atoms with Crippen LogP contribution in [0.4, 0.5) is 11.4 Å². The van der Waals surface area contributed by atoms with Crippen LogP contribution in [0, 0.1) is 0 Å². The molecule has 2 aromatic rings. The van der Waals surface area contributed by atoms with Crippen molar-refractivity contribution in [3.8, 4) is 0 Å². The fourth-order valence-corrected chi connectivity index (χ4v) is 3.78. The molecule has 0 radical (unpaired) electrons. The maximum absolute atomic E-state index is 6.64. The predicted molar refractivity (Wildman–Crippen MR) is 120 cm³/mol. The van der Waals surface area contributed by atoms with Gasteiger partial charge in [0.2, 0.25) is 0 Å². The molecule has 0 saturated heterocycles. The summed E-state index contributed by atoms with van der Waals surface area (Å²) in [4.78, 5) is 2.29. The van der Waals surface area contributed by atoms with Crippen LogP contribution < -0.4 is 4.90 Å². The van der Waals surface area contributed by atoms with Crippen LogP contribution in [-0.4, -0.2) is 5.60 Å². The van der Waals surface area contributed by atoms with Crippen LogP contribution in [0.25, 0.3) is 0 Å². The molecule has 2 heteroatoms. The summed E-state index contributed by atoms with van der Waals surface area (Å²) in [6, 6.07) is 18.9. The minimum Gasteiger partial charge on any atom is -0.350 e. The highest BCUT2D eigenvalue weighted by atomic mass is 16.5. The third-order valence-electron chi connectivity index (χ3n) is 4.83. The molecule has 2 heterocycles. The van der Waals surface area contributed by atoms with Gasteiger partial charge in [-0.1, -0.05) is 81.1 Å². The Bertz CT molecular complexity index is 920. The smallest absolute Gasteiger partial charge is 0.155 e. The van der Waals surface area contributed by atoms with Gasteiger partial charge in [-0.05, 0) is 44.2 Å². The van der Waals surface area contributed by atoms with E-state index in [4.69, 9.17) is 4.74 Å². The molecule has 0 bridgehead atoms. The Labute approximate surface area is 169 Å². The number of para-hydroxylation sites is 2. The highest BCUT2D eigenvalue weighted by Gasteiger charge is 2.52. The average Bonchev–Trinajstić information content (AvgIpc) is 3.19. The molecule has 0 saturated carbocycles. The number of hydrogen-bond acceptors (Lipinski definition) is 2. The maximum Gasteiger partial charge on any atom is 0.155 e. The SMILES string of the molecule is C=C/C=C\C=C1/N(c2ccccc2)c2ccccc2C12C=CC(C)(C)O2.CC. The van der Waals surface area contributed by atoms with Crippen molar-refractivity contribution < 1.29 is 4.74 Å². The van der Waals surface area contributed by atoms with Crippen molar-refractivity contribution in [1.29, 1.82) is 0 Å². The Balaban J connectivity index is 0.00000109. The van der Waals surface area contributed by atoms with Crippen molar-refractivity contribution in [2.45, 2.75) is 38.9 Å². The molecule has 0 fully saturated rings. The largest absolute Gasteiger partial charge is 0.350 e. The summed E-state index contributed by atoms with van der Waals surface area (Å²) in [7, 11) is 0. The van der Waals surface area contributed by atoms with Crippen LogP contribution in [0.15, 0.2) is 103 Å². The number of rotatable bonds is 3. The lowest BCUT2D eigenvalue weighted by atomic mass is 9.93. The first kappa shape index (κ1) is 19.9. The monoisotopic (exact) mass is 371 g/mol. The number of benzene rings is 2. The highest BCUT2D eigenvalue weighted by Crippen LogP contribution is 2.56. The lowest BCUT2D eigenvalue weighted by Crippen LogP contribution is -2.33. The fraction of sp³-hybridized carbons (Fsp3) is 0.231. The Kier molecular flexibility index (Phi) is 5.71. The van der Waals surface area contributed by atoms with E-state index < -0.39 is 5.60 Å². The van der Waals surface area contributed by atoms with E-state index >= 15 is 0 Å². The molecule has 1 unspecified atom stereocenters. The van der Waals surface area contributed by atoms with E-state index in [2.05, 4.69) is 92.1 Å². The first-order chi connectivity index (χ1) is 13.6. The van der Waals surface area contributed by atoms with Gasteiger partial charge in [-0.3, -0.25) is 0 Å². The van der Waals surface area contributed by atoms with E-state index in [1.165, 1.54) is 5.56 Å². The highest BCUT2D eigenvalue weighted by molar-refractivity contribution is 5.81. The molecule has 28 heavy (non-hydrogen) atoms. The Morgan fingerprint density at radius 3 is 2.21 bits per heavy atom. The second-order valence-corrected chi connectivity index (χ2v) is 7.14. The lowest BCUT2D eigenvalue weighted by molar-refractivity contribution is -0.0492. The van der Waals surface area contributed by atoms with E-state index in [1.54, 1.807) is 6.08 Å². The van der Waals surface area contributed by atoms with Crippen LogP contribution in [0.1, 0.15) is 33.3 Å². The lowest BCUT2D eigenvalue weighted by Gasteiger charge is -2.32. The topological polar surface area (TPSA) is 12.5 Å². The molecule has 2 nitrogen and oxygen atoms in total. The zero-order valence-corrected chi connectivity index (χ0v) is 17.2. The number of nitrogens with zero attached hydrogens (tertiary/aromatic N) is 1. The zero-order valence-electron chi connectivity index (χ0n) is 17.2. The summed E-state index contributed by atoms with van der Waals surface area (Å²) >= 11 is 0. The summed E-state index contributed by atoms with van der Waals surface area (Å²) in [5, 5.41) is 0. The molecule has 2 aromatic carbocycles. The van der Waals surface area contributed by atoms with Crippen LogP contribution in [0.3, 0.4) is 0 Å². The molecule has 4 rings (SSSR count). The summed E-state index contributed by atoms with van der Waals surface area (Å²) in [6.07, 6.45) is 12.2. The molecule has 1 atom stereocenters. The van der Waals surface area contributed by atoms with Gasteiger partial charge >= 0.3 is 0 Å². The minimum atomic E-state index is -0.582. The van der Waals surface area contributed by atoms with Crippen molar-refractivity contribution in [2.75, 3.05) is 4.90 Å². The minimum absolute atomic E-state index is 0.318. The summed E-state index contributed by atoms with van der Waals surface area (Å²) in [6.45, 7) is 12.0. The van der Waals surface area contributed by atoms with Gasteiger partial charge < -0.3 is 9.64 Å². The van der Waals surface area contributed by atoms with Crippen molar-refractivity contribution >= 4 is 11.4 Å². The third kappa shape index (κ3) is 3.36. The van der Waals surface area contributed by atoms with Gasteiger partial charge in [0.15, 0.2) is 5.60 Å². The standard InChI is InChI=1S/C24H23NO.C2H6/c1-4-5-7-16-22-24(18-17-23(2,3)26-24)20-14-10-11-15-21(20)25(22)19-12-8-6-9-13-19;1-2/h4-18H,1H2,2-3H3;1-2H3/b7-5-,22-16-;. The molecular formula is C26H29NO. The first-order valence-electron chi connectivity index (χ1n) is 9.92. The predicted octanol–water partition coefficient (Wildman–Crippen LogP) is 7.05. The Hall–Kier alpha value is -2.84. The first-order valence-corrected chi connectivity index (χ1v) is 9.92. The molecule has 2 aliphatic rings. The zero-order chi connectivity index (χ0) is 20.2. The molecular weight excluding hydrogens is 342 g/mol. The number of hydrogen-bond donors (Lipinski definition) is 0. The van der Waals surface area contributed by atoms with Gasteiger partial charge in [-0.2, -0.15) is 0 Å². The number of allylic oxidation sites excluding steroid dienone is 4. The Morgan fingerprint density at radius 2 is 1.57 bits per heavy atom. The van der Waals surface area contributed by atoms with Crippen LogP contribution in [0.5, 0.6) is 0 Å². The molecule has 0 N–H and O–H groups in total. The van der Waals surface area contributed by atoms with E-state index in [0.29, 0.717) is 0 Å². The average molecular weight is 372 g/mol. The van der Waals surface area contributed by atoms with Crippen molar-refractivity contribution in [3.63, 3.8) is 0 Å². The molecule has 0 amide bonds. The molecule has 0 aliphatic carbocycles. The van der Waals surface area contributed by atoms with E-state index in [-0.39, 0.29) is 5.60 Å². The van der Waals surface area contributed by atoms with Gasteiger partial charge in [-0.15, -0.1) is 0 Å². The van der Waals surface area contributed by atoms with Crippen LogP contribution >= 0.6 is 0 Å². The number of fused-ring (bicyclic) bond motifs is 2. The van der Waals surface area contributed by atoms with E-state index in [0.717, 1.165) is 17.1 Å². The second-order valence-electron chi connectivity index (χ2n) is 7.14. The summed E-state index contributed by atoms with van der Waals surface area (Å²) in [5.41, 5.74) is 3.63. The van der Waals surface area contributed by atoms with Gasteiger partial charge in [0, 0.05) is 11.3 Å². The summed E-state index contributed by atoms with van der Waals surface area (Å²) in [5.74, 6) is 0. The van der Waals surface area contributed by atoms with Crippen molar-refractivity contribution in [2.24, 2.45) is 0 Å². The number of ether oxygens (including phenoxy) is 1. The number of anilines is 2. The van der Waals surface area contributed by atoms with Crippen molar-refractivity contribution in [1.82, 2.24) is 0 Å². The molecule has 2 aliphatic heterocycles. The quantitative estimate of drug-likeness (QED) is 0.423. The van der Waals surface area contributed by atoms with E-state index in [9.17, 15) is 0 Å². The van der Waals surface area contributed by atoms with Gasteiger partial charge in [0.1, 0.15) is 0 Å². The van der Waals surface area contributed by atoms with E-state index in [1.807, 2.05) is 32.1 Å². The van der Waals surface area contributed by atoms with Crippen LogP contribution in [0.2, 0.25) is 0 Å². The Morgan fingerprint density at radius 1 is 0.893 bits per heavy atom. The second kappa shape index (κ2) is 8.04. The summed E-state index contributed by atoms with van der Waals surface area (Å²) < 4.78 is 6.64. The maximum atomic E-state index is 6.64. The normalized spacial score (nSPS) is 23.1. The molecule has 1 spiro atoms.